The van der Waals surface area contributed by atoms with Gasteiger partial charge in [-0.15, -0.1) is 0 Å². The van der Waals surface area contributed by atoms with Crippen LogP contribution in [0.5, 0.6) is 5.75 Å². The molecule has 2 N–H and O–H groups in total. The van der Waals surface area contributed by atoms with Gasteiger partial charge in [-0.3, -0.25) is 4.98 Å². The van der Waals surface area contributed by atoms with Crippen molar-refractivity contribution in [1.82, 2.24) is 4.98 Å². The highest BCUT2D eigenvalue weighted by molar-refractivity contribution is 5.28. The van der Waals surface area contributed by atoms with Gasteiger partial charge in [0.25, 0.3) is 0 Å². The molecule has 0 amide bonds. The Morgan fingerprint density at radius 1 is 1.25 bits per heavy atom. The van der Waals surface area contributed by atoms with E-state index in [0.717, 1.165) is 5.69 Å². The lowest BCUT2D eigenvalue weighted by atomic mass is 10.3. The smallest absolute Gasteiger partial charge is 0.143 e. The number of aliphatic hydroxyl groups excluding tert-OH is 2. The molecule has 0 radical (unpaired) electrons. The Morgan fingerprint density at radius 3 is 2.65 bits per heavy atom. The second-order valence-corrected chi connectivity index (χ2v) is 4.62. The van der Waals surface area contributed by atoms with Crippen LogP contribution in [0, 0.1) is 6.92 Å². The topological polar surface area (TPSA) is 81.0 Å². The van der Waals surface area contributed by atoms with E-state index in [4.69, 9.17) is 14.2 Å². The van der Waals surface area contributed by atoms with E-state index < -0.39 is 6.10 Å². The summed E-state index contributed by atoms with van der Waals surface area (Å²) in [5.74, 6) is 0.474. The van der Waals surface area contributed by atoms with Crippen molar-refractivity contribution in [2.75, 3.05) is 26.9 Å². The minimum Gasteiger partial charge on any atom is -0.489 e. The van der Waals surface area contributed by atoms with Crippen molar-refractivity contribution in [3.8, 4) is 5.75 Å². The first-order valence-corrected chi connectivity index (χ1v) is 6.55. The van der Waals surface area contributed by atoms with Crippen LogP contribution in [0.3, 0.4) is 0 Å². The van der Waals surface area contributed by atoms with Crippen LogP contribution in [0.2, 0.25) is 0 Å². The monoisotopic (exact) mass is 285 g/mol. The zero-order valence-corrected chi connectivity index (χ0v) is 12.2. The third kappa shape index (κ3) is 5.83. The van der Waals surface area contributed by atoms with Crippen LogP contribution in [0.25, 0.3) is 0 Å². The number of hydrogen-bond donors (Lipinski definition) is 2. The first-order valence-electron chi connectivity index (χ1n) is 6.55. The van der Waals surface area contributed by atoms with Crippen molar-refractivity contribution in [2.45, 2.75) is 32.7 Å². The number of aromatic nitrogens is 1. The normalized spacial score (nSPS) is 14.1. The van der Waals surface area contributed by atoms with Gasteiger partial charge >= 0.3 is 0 Å². The Labute approximate surface area is 119 Å². The molecule has 0 saturated heterocycles. The van der Waals surface area contributed by atoms with E-state index in [1.165, 1.54) is 0 Å². The molecule has 6 nitrogen and oxygen atoms in total. The number of hydrogen-bond acceptors (Lipinski definition) is 6. The number of aliphatic hydroxyl groups is 2. The van der Waals surface area contributed by atoms with Crippen molar-refractivity contribution in [2.24, 2.45) is 0 Å². The molecule has 114 valence electrons. The van der Waals surface area contributed by atoms with Crippen LogP contribution < -0.4 is 4.74 Å². The van der Waals surface area contributed by atoms with Crippen LogP contribution in [0.4, 0.5) is 0 Å². The summed E-state index contributed by atoms with van der Waals surface area (Å²) in [4.78, 5) is 4.16. The zero-order chi connectivity index (χ0) is 15.0. The molecule has 6 heteroatoms. The second kappa shape index (κ2) is 8.86. The molecule has 0 saturated carbocycles. The molecule has 1 aromatic rings. The highest BCUT2D eigenvalue weighted by Gasteiger charge is 2.11. The summed E-state index contributed by atoms with van der Waals surface area (Å²) < 4.78 is 15.8. The fraction of sp³-hybridized carbons (Fsp3) is 0.643. The summed E-state index contributed by atoms with van der Waals surface area (Å²) in [6.07, 6.45) is -0.828. The predicted octanol–water partition coefficient (Wildman–Crippen LogP) is 0.674. The van der Waals surface area contributed by atoms with Crippen molar-refractivity contribution in [3.05, 3.63) is 23.5 Å². The van der Waals surface area contributed by atoms with E-state index in [9.17, 15) is 10.2 Å². The quantitative estimate of drug-likeness (QED) is 0.694. The van der Waals surface area contributed by atoms with Crippen molar-refractivity contribution < 1.29 is 24.4 Å². The summed E-state index contributed by atoms with van der Waals surface area (Å²) in [7, 11) is 1.60. The fourth-order valence-electron chi connectivity index (χ4n) is 1.63. The Morgan fingerprint density at radius 2 is 2.00 bits per heavy atom. The molecule has 0 spiro atoms. The van der Waals surface area contributed by atoms with Gasteiger partial charge in [0.1, 0.15) is 24.2 Å². The molecule has 1 heterocycles. The molecule has 0 aliphatic rings. The van der Waals surface area contributed by atoms with Crippen molar-refractivity contribution in [3.63, 3.8) is 0 Å². The van der Waals surface area contributed by atoms with E-state index >= 15 is 0 Å². The minimum absolute atomic E-state index is 0.0799. The number of ether oxygens (including phenoxy) is 3. The predicted molar refractivity (Wildman–Crippen MR) is 73.7 cm³/mol. The molecule has 20 heavy (non-hydrogen) atoms. The summed E-state index contributed by atoms with van der Waals surface area (Å²) in [6, 6.07) is 3.52. The highest BCUT2D eigenvalue weighted by atomic mass is 16.5. The van der Waals surface area contributed by atoms with Crippen LogP contribution in [0.15, 0.2) is 12.1 Å². The number of methoxy groups -OCH3 is 1. The maximum Gasteiger partial charge on any atom is 0.143 e. The van der Waals surface area contributed by atoms with Gasteiger partial charge in [-0.25, -0.2) is 0 Å². The van der Waals surface area contributed by atoms with Crippen LogP contribution in [-0.2, 0) is 16.1 Å². The molecule has 1 aromatic heterocycles. The largest absolute Gasteiger partial charge is 0.489 e. The number of rotatable bonds is 9. The molecule has 0 fully saturated rings. The second-order valence-electron chi connectivity index (χ2n) is 4.62. The number of pyridine rings is 1. The molecular formula is C14H23NO5. The number of aryl methyl sites for hydroxylation is 1. The van der Waals surface area contributed by atoms with Gasteiger partial charge < -0.3 is 24.4 Å². The van der Waals surface area contributed by atoms with E-state index in [-0.39, 0.29) is 25.9 Å². The van der Waals surface area contributed by atoms with Crippen molar-refractivity contribution >= 4 is 0 Å². The first kappa shape index (κ1) is 16.8. The van der Waals surface area contributed by atoms with Gasteiger partial charge in [-0.05, 0) is 26.0 Å². The standard InChI is InChI=1S/C14H23NO5/c1-10-4-5-14(13(6-16)15-10)20-9-12(17)8-19-11(2)7-18-3/h4-5,11-12,16-17H,6-9H2,1-3H3. The van der Waals surface area contributed by atoms with E-state index in [1.54, 1.807) is 19.2 Å². The lowest BCUT2D eigenvalue weighted by Crippen LogP contribution is -2.27. The van der Waals surface area contributed by atoms with Gasteiger partial charge in [-0.2, -0.15) is 0 Å². The molecular weight excluding hydrogens is 262 g/mol. The SMILES string of the molecule is COCC(C)OCC(O)COc1ccc(C)nc1CO. The van der Waals surface area contributed by atoms with E-state index in [0.29, 0.717) is 18.1 Å². The molecule has 1 rings (SSSR count). The minimum atomic E-state index is -0.748. The van der Waals surface area contributed by atoms with Gasteiger partial charge in [0.05, 0.1) is 25.9 Å². The average Bonchev–Trinajstić information content (AvgIpc) is 2.44. The van der Waals surface area contributed by atoms with Gasteiger partial charge in [0.2, 0.25) is 0 Å². The fourth-order valence-corrected chi connectivity index (χ4v) is 1.63. The van der Waals surface area contributed by atoms with Gasteiger partial charge in [0, 0.05) is 12.8 Å². The Balaban J connectivity index is 2.39. The summed E-state index contributed by atoms with van der Waals surface area (Å²) in [6.45, 7) is 4.22. The first-order chi connectivity index (χ1) is 9.56. The van der Waals surface area contributed by atoms with Gasteiger partial charge in [0.15, 0.2) is 0 Å². The number of nitrogens with zero attached hydrogens (tertiary/aromatic N) is 1. The molecule has 0 aliphatic carbocycles. The van der Waals surface area contributed by atoms with E-state index in [2.05, 4.69) is 4.98 Å². The molecule has 2 unspecified atom stereocenters. The third-order valence-corrected chi connectivity index (χ3v) is 2.63. The maximum atomic E-state index is 9.77. The molecule has 0 aromatic carbocycles. The lowest BCUT2D eigenvalue weighted by Gasteiger charge is -2.17. The third-order valence-electron chi connectivity index (χ3n) is 2.63. The molecule has 0 aliphatic heterocycles. The van der Waals surface area contributed by atoms with E-state index in [1.807, 2.05) is 13.8 Å². The highest BCUT2D eigenvalue weighted by Crippen LogP contribution is 2.17. The lowest BCUT2D eigenvalue weighted by molar-refractivity contribution is -0.0424. The Bertz CT molecular complexity index is 399. The molecule has 2 atom stereocenters. The Hall–Kier alpha value is -1.21. The van der Waals surface area contributed by atoms with Crippen LogP contribution in [-0.4, -0.2) is 54.3 Å². The molecule has 0 bridgehead atoms. The summed E-state index contributed by atoms with van der Waals surface area (Å²) >= 11 is 0. The summed E-state index contributed by atoms with van der Waals surface area (Å²) in [5.41, 5.74) is 1.27. The van der Waals surface area contributed by atoms with Crippen LogP contribution in [0.1, 0.15) is 18.3 Å². The van der Waals surface area contributed by atoms with Crippen molar-refractivity contribution in [1.29, 1.82) is 0 Å². The average molecular weight is 285 g/mol. The summed E-state index contributed by atoms with van der Waals surface area (Å²) in [5, 5.41) is 19.0. The van der Waals surface area contributed by atoms with Crippen LogP contribution >= 0.6 is 0 Å². The Kier molecular flexibility index (Phi) is 7.46. The zero-order valence-electron chi connectivity index (χ0n) is 12.2. The van der Waals surface area contributed by atoms with Gasteiger partial charge in [-0.1, -0.05) is 0 Å². The maximum absolute atomic E-state index is 9.77.